The quantitative estimate of drug-likeness (QED) is 0.191. The van der Waals surface area contributed by atoms with Crippen molar-refractivity contribution in [2.24, 2.45) is 0 Å². The number of rotatable bonds is 4. The highest BCUT2D eigenvalue weighted by Gasteiger charge is 2.32. The molecular formula is C42H24S2. The van der Waals surface area contributed by atoms with E-state index < -0.39 is 0 Å². The maximum Gasteiger partial charge on any atom is 0.0434 e. The van der Waals surface area contributed by atoms with E-state index in [0.29, 0.717) is 0 Å². The molecule has 0 radical (unpaired) electrons. The second-order valence-corrected chi connectivity index (χ2v) is 13.8. The molecule has 0 atom stereocenters. The Hall–Kier alpha value is -5.02. The Morgan fingerprint density at radius 2 is 0.614 bits per heavy atom. The fourth-order valence-electron chi connectivity index (χ4n) is 7.10. The first-order valence-corrected chi connectivity index (χ1v) is 16.6. The van der Waals surface area contributed by atoms with E-state index >= 15 is 0 Å². The molecule has 8 aromatic rings. The highest BCUT2D eigenvalue weighted by molar-refractivity contribution is 7.20. The van der Waals surface area contributed by atoms with Gasteiger partial charge in [-0.25, -0.2) is 0 Å². The van der Waals surface area contributed by atoms with Crippen LogP contribution in [0.4, 0.5) is 0 Å². The van der Waals surface area contributed by atoms with Crippen LogP contribution in [0.5, 0.6) is 0 Å². The summed E-state index contributed by atoms with van der Waals surface area (Å²) in [6.07, 6.45) is 0. The number of thiophene rings is 2. The van der Waals surface area contributed by atoms with E-state index in [4.69, 9.17) is 0 Å². The molecule has 0 saturated carbocycles. The molecule has 2 heteroatoms. The highest BCUT2D eigenvalue weighted by atomic mass is 32.1. The summed E-state index contributed by atoms with van der Waals surface area (Å²) in [6, 6.07) is 53.6. The molecule has 0 aliphatic heterocycles. The zero-order valence-electron chi connectivity index (χ0n) is 23.7. The highest BCUT2D eigenvalue weighted by Crippen LogP contribution is 2.60. The van der Waals surface area contributed by atoms with Crippen LogP contribution in [0.3, 0.4) is 0 Å². The molecule has 0 fully saturated rings. The lowest BCUT2D eigenvalue weighted by Gasteiger charge is -2.08. The summed E-state index contributed by atoms with van der Waals surface area (Å²) >= 11 is 3.85. The van der Waals surface area contributed by atoms with Gasteiger partial charge < -0.3 is 0 Å². The standard InChI is InChI=1S/C42H24S2/c1-3-7-25(8-4-1)27-11-15-29(16-12-27)37-23-35-31-19-20-32-36-24-38(30-17-13-28(14-18-30)26-9-5-2-6-10-26)44-42(36)34-22-21-33(41(35)43-37)39(31)40(32)34/h1-24H. The van der Waals surface area contributed by atoms with E-state index in [-0.39, 0.29) is 0 Å². The molecule has 10 rings (SSSR count). The molecule has 0 N–H and O–H groups in total. The van der Waals surface area contributed by atoms with Gasteiger partial charge in [0.05, 0.1) is 0 Å². The summed E-state index contributed by atoms with van der Waals surface area (Å²) in [6.45, 7) is 0. The molecule has 2 aromatic heterocycles. The molecule has 0 nitrogen and oxygen atoms in total. The molecule has 2 heterocycles. The molecular weight excluding hydrogens is 569 g/mol. The molecule has 0 unspecified atom stereocenters. The smallest absolute Gasteiger partial charge is 0.0434 e. The second kappa shape index (κ2) is 9.24. The van der Waals surface area contributed by atoms with Crippen LogP contribution in [0.2, 0.25) is 0 Å². The first kappa shape index (κ1) is 24.4. The summed E-state index contributed by atoms with van der Waals surface area (Å²) in [5.74, 6) is 0. The van der Waals surface area contributed by atoms with Crippen LogP contribution >= 0.6 is 22.7 Å². The molecule has 44 heavy (non-hydrogen) atoms. The Morgan fingerprint density at radius 1 is 0.273 bits per heavy atom. The van der Waals surface area contributed by atoms with E-state index in [1.807, 2.05) is 22.7 Å². The third kappa shape index (κ3) is 3.50. The van der Waals surface area contributed by atoms with E-state index in [2.05, 4.69) is 146 Å². The van der Waals surface area contributed by atoms with Gasteiger partial charge in [-0.15, -0.1) is 22.7 Å². The molecule has 6 aromatic carbocycles. The lowest BCUT2D eigenvalue weighted by Crippen LogP contribution is -1.81. The first-order chi connectivity index (χ1) is 21.8. The molecule has 0 bridgehead atoms. The number of hydrogen-bond acceptors (Lipinski definition) is 2. The van der Waals surface area contributed by atoms with Gasteiger partial charge in [0.1, 0.15) is 0 Å². The van der Waals surface area contributed by atoms with E-state index in [1.165, 1.54) is 97.0 Å². The van der Waals surface area contributed by atoms with Crippen molar-refractivity contribution in [1.29, 1.82) is 0 Å². The van der Waals surface area contributed by atoms with Crippen LogP contribution in [0.25, 0.3) is 97.0 Å². The van der Waals surface area contributed by atoms with Gasteiger partial charge in [-0.2, -0.15) is 0 Å². The summed E-state index contributed by atoms with van der Waals surface area (Å²) < 4.78 is 0. The largest absolute Gasteiger partial charge is 0.135 e. The lowest BCUT2D eigenvalue weighted by atomic mass is 9.97. The van der Waals surface area contributed by atoms with Gasteiger partial charge in [0, 0.05) is 41.8 Å². The normalized spacial score (nSPS) is 12.1. The Kier molecular flexibility index (Phi) is 5.13. The molecule has 2 aliphatic rings. The fourth-order valence-corrected chi connectivity index (χ4v) is 9.52. The van der Waals surface area contributed by atoms with Crippen LogP contribution < -0.4 is 0 Å². The molecule has 204 valence electrons. The molecule has 0 saturated heterocycles. The van der Waals surface area contributed by atoms with Gasteiger partial charge >= 0.3 is 0 Å². The van der Waals surface area contributed by atoms with E-state index in [0.717, 1.165) is 0 Å². The summed E-state index contributed by atoms with van der Waals surface area (Å²) in [4.78, 5) is 5.47. The topological polar surface area (TPSA) is 0 Å². The minimum Gasteiger partial charge on any atom is -0.135 e. The summed E-state index contributed by atoms with van der Waals surface area (Å²) in [7, 11) is 0. The van der Waals surface area contributed by atoms with Gasteiger partial charge in [-0.3, -0.25) is 0 Å². The molecule has 0 spiro atoms. The van der Waals surface area contributed by atoms with Gasteiger partial charge in [0.25, 0.3) is 0 Å². The predicted molar refractivity (Wildman–Crippen MR) is 190 cm³/mol. The summed E-state index contributed by atoms with van der Waals surface area (Å²) in [5.41, 5.74) is 15.9. The van der Waals surface area contributed by atoms with Crippen molar-refractivity contribution in [3.63, 3.8) is 0 Å². The fraction of sp³-hybridized carbons (Fsp3) is 0. The zero-order chi connectivity index (χ0) is 28.8. The number of hydrogen-bond donors (Lipinski definition) is 0. The minimum absolute atomic E-state index is 1.26. The van der Waals surface area contributed by atoms with Crippen molar-refractivity contribution >= 4 is 33.4 Å². The van der Waals surface area contributed by atoms with Crippen molar-refractivity contribution in [3.8, 4) is 86.3 Å². The second-order valence-electron chi connectivity index (χ2n) is 11.7. The Morgan fingerprint density at radius 3 is 1.02 bits per heavy atom. The SMILES string of the molecule is c1ccc(-c2ccc(-c3cc4c(s3)-c3ccc5c6c(ccc-4c36)-c3cc(-c4ccc(-c6ccccc6)cc4)sc3-5)cc2)cc1. The van der Waals surface area contributed by atoms with Crippen molar-refractivity contribution in [2.75, 3.05) is 0 Å². The van der Waals surface area contributed by atoms with Gasteiger partial charge in [-0.1, -0.05) is 133 Å². The third-order valence-corrected chi connectivity index (χ3v) is 11.7. The van der Waals surface area contributed by atoms with Crippen LogP contribution in [-0.4, -0.2) is 0 Å². The van der Waals surface area contributed by atoms with E-state index in [1.54, 1.807) is 0 Å². The lowest BCUT2D eigenvalue weighted by molar-refractivity contribution is 1.62. The Labute approximate surface area is 264 Å². The van der Waals surface area contributed by atoms with Crippen molar-refractivity contribution in [1.82, 2.24) is 0 Å². The first-order valence-electron chi connectivity index (χ1n) is 15.0. The number of benzene rings is 6. The monoisotopic (exact) mass is 592 g/mol. The molecule has 0 amide bonds. The summed E-state index contributed by atoms with van der Waals surface area (Å²) in [5, 5.41) is 2.87. The maximum absolute atomic E-state index is 2.41. The van der Waals surface area contributed by atoms with Gasteiger partial charge in [0.15, 0.2) is 0 Å². The van der Waals surface area contributed by atoms with Crippen molar-refractivity contribution in [2.45, 2.75) is 0 Å². The van der Waals surface area contributed by atoms with E-state index in [9.17, 15) is 0 Å². The predicted octanol–water partition coefficient (Wildman–Crippen LogP) is 12.9. The third-order valence-electron chi connectivity index (χ3n) is 9.25. The van der Waals surface area contributed by atoms with Crippen LogP contribution in [0, 0.1) is 0 Å². The average Bonchev–Trinajstić information content (AvgIpc) is 3.85. The maximum atomic E-state index is 2.41. The van der Waals surface area contributed by atoms with Crippen LogP contribution in [0.15, 0.2) is 146 Å². The Balaban J connectivity index is 1.01. The average molecular weight is 593 g/mol. The van der Waals surface area contributed by atoms with Crippen molar-refractivity contribution < 1.29 is 0 Å². The minimum atomic E-state index is 1.26. The zero-order valence-corrected chi connectivity index (χ0v) is 25.3. The van der Waals surface area contributed by atoms with Crippen molar-refractivity contribution in [3.05, 3.63) is 146 Å². The van der Waals surface area contributed by atoms with Crippen LogP contribution in [-0.2, 0) is 0 Å². The molecule has 2 aliphatic carbocycles. The van der Waals surface area contributed by atoms with Gasteiger partial charge in [-0.05, 0) is 67.4 Å². The Bertz CT molecular complexity index is 2130. The van der Waals surface area contributed by atoms with Gasteiger partial charge in [0.2, 0.25) is 0 Å². The van der Waals surface area contributed by atoms with Crippen LogP contribution in [0.1, 0.15) is 0 Å². The number of fused-ring (bicyclic) bond motifs is 6.